The first-order valence-electron chi connectivity index (χ1n) is 15.2. The zero-order valence-corrected chi connectivity index (χ0v) is 25.4. The molecule has 0 spiro atoms. The van der Waals surface area contributed by atoms with Gasteiger partial charge in [0.1, 0.15) is 51.8 Å². The molecule has 1 amide bonds. The van der Waals surface area contributed by atoms with Gasteiger partial charge in [-0.15, -0.1) is 0 Å². The number of nitrogens with two attached hydrogens (primary N) is 1. The van der Waals surface area contributed by atoms with Gasteiger partial charge in [-0.25, -0.2) is 14.4 Å². The summed E-state index contributed by atoms with van der Waals surface area (Å²) in [7, 11) is 0. The number of imidazole rings is 1. The highest BCUT2D eigenvalue weighted by atomic mass is 19.1. The zero-order valence-electron chi connectivity index (χ0n) is 25.4. The minimum atomic E-state index is -0.511. The number of carbonyl (C=O) groups is 1. The molecular weight excluding hydrogens is 573 g/mol. The molecule has 11 heteroatoms. The van der Waals surface area contributed by atoms with E-state index < -0.39 is 11.4 Å². The van der Waals surface area contributed by atoms with Crippen LogP contribution in [0.3, 0.4) is 0 Å². The van der Waals surface area contributed by atoms with E-state index >= 15 is 4.39 Å². The van der Waals surface area contributed by atoms with Gasteiger partial charge in [-0.05, 0) is 57.0 Å². The van der Waals surface area contributed by atoms with Crippen molar-refractivity contribution in [2.75, 3.05) is 38.6 Å². The summed E-state index contributed by atoms with van der Waals surface area (Å²) in [5.74, 6) is 0.998. The number of hydrogen-bond donors (Lipinski definition) is 1. The van der Waals surface area contributed by atoms with Crippen LogP contribution >= 0.6 is 0 Å². The van der Waals surface area contributed by atoms with Gasteiger partial charge in [0.05, 0.1) is 13.2 Å². The summed E-state index contributed by atoms with van der Waals surface area (Å²) in [6.45, 7) is 7.28. The Bertz CT molecular complexity index is 1770. The van der Waals surface area contributed by atoms with E-state index in [1.165, 1.54) is 6.07 Å². The maximum absolute atomic E-state index is 15.6. The van der Waals surface area contributed by atoms with Crippen molar-refractivity contribution < 1.29 is 18.7 Å². The highest BCUT2D eigenvalue weighted by Gasteiger charge is 2.34. The molecule has 2 aromatic carbocycles. The third-order valence-electron chi connectivity index (χ3n) is 8.56. The Kier molecular flexibility index (Phi) is 8.52. The molecule has 1 atom stereocenters. The van der Waals surface area contributed by atoms with E-state index in [9.17, 15) is 10.1 Å². The van der Waals surface area contributed by atoms with Crippen molar-refractivity contribution in [3.63, 3.8) is 0 Å². The molecule has 1 unspecified atom stereocenters. The van der Waals surface area contributed by atoms with Crippen molar-refractivity contribution in [1.82, 2.24) is 24.2 Å². The molecular formula is C34H36FN7O3. The number of morpholine rings is 1. The summed E-state index contributed by atoms with van der Waals surface area (Å²) in [5, 5.41) is 10.0. The molecule has 0 bridgehead atoms. The second-order valence-corrected chi connectivity index (χ2v) is 11.9. The van der Waals surface area contributed by atoms with Gasteiger partial charge in [0.25, 0.3) is 5.91 Å². The molecule has 0 aliphatic carbocycles. The van der Waals surface area contributed by atoms with E-state index in [2.05, 4.69) is 16.0 Å². The minimum Gasteiger partial charge on any atom is -0.457 e. The Balaban J connectivity index is 1.28. The van der Waals surface area contributed by atoms with Gasteiger partial charge in [-0.3, -0.25) is 14.1 Å². The van der Waals surface area contributed by atoms with Crippen LogP contribution in [0.4, 0.5) is 10.2 Å². The third kappa shape index (κ3) is 6.25. The molecule has 45 heavy (non-hydrogen) atoms. The predicted molar refractivity (Wildman–Crippen MR) is 168 cm³/mol. The molecule has 232 valence electrons. The molecule has 2 saturated heterocycles. The molecule has 0 radical (unpaired) electrons. The molecule has 6 rings (SSSR count). The number of hydrogen-bond acceptors (Lipinski definition) is 8. The lowest BCUT2D eigenvalue weighted by Gasteiger charge is -2.39. The van der Waals surface area contributed by atoms with Crippen LogP contribution in [0.1, 0.15) is 32.5 Å². The molecule has 0 saturated carbocycles. The van der Waals surface area contributed by atoms with Gasteiger partial charge in [0.15, 0.2) is 0 Å². The summed E-state index contributed by atoms with van der Waals surface area (Å²) in [6.07, 6.45) is 7.06. The van der Waals surface area contributed by atoms with Crippen molar-refractivity contribution in [2.45, 2.75) is 44.7 Å². The van der Waals surface area contributed by atoms with E-state index in [4.69, 9.17) is 20.2 Å². The van der Waals surface area contributed by atoms with E-state index in [1.54, 1.807) is 47.6 Å². The largest absolute Gasteiger partial charge is 0.457 e. The van der Waals surface area contributed by atoms with Crippen molar-refractivity contribution >= 4 is 17.2 Å². The fourth-order valence-corrected chi connectivity index (χ4v) is 6.24. The topological polar surface area (TPSA) is 122 Å². The number of benzene rings is 2. The number of amides is 1. The number of nitriles is 1. The number of nitrogen functional groups attached to an aromatic ring is 1. The smallest absolute Gasteiger partial charge is 0.264 e. The lowest BCUT2D eigenvalue weighted by Crippen LogP contribution is -2.49. The van der Waals surface area contributed by atoms with Gasteiger partial charge in [-0.2, -0.15) is 5.26 Å². The van der Waals surface area contributed by atoms with Crippen LogP contribution in [0.5, 0.6) is 11.5 Å². The molecule has 2 fully saturated rings. The van der Waals surface area contributed by atoms with Crippen molar-refractivity contribution in [3.05, 3.63) is 84.2 Å². The third-order valence-corrected chi connectivity index (χ3v) is 8.56. The number of aromatic nitrogens is 3. The number of rotatable bonds is 8. The second-order valence-electron chi connectivity index (χ2n) is 11.9. The number of nitrogens with zero attached hydrogens (tertiary/aromatic N) is 6. The summed E-state index contributed by atoms with van der Waals surface area (Å²) >= 11 is 0. The normalized spacial score (nSPS) is 17.9. The number of carbonyl (C=O) groups excluding carboxylic acids is 1. The number of ether oxygens (including phenoxy) is 2. The standard InChI is InChI=1S/C34H36FN7O3/c1-34(2,40-15-17-44-18-16-40)21-23(22-36)33(43)41-13-6-7-24(41)19-29-39-30(31-32(37)38-12-14-42(29)31)27-11-10-26(20-28(27)35)45-25-8-4-3-5-9-25/h3-5,8-12,14,20-21,24H,6-7,13,15-19H2,1-2H3,(H2,37,38). The number of para-hydroxylation sites is 1. The summed E-state index contributed by atoms with van der Waals surface area (Å²) in [5.41, 5.74) is 7.07. The first-order chi connectivity index (χ1) is 21.7. The van der Waals surface area contributed by atoms with Crippen LogP contribution in [-0.2, 0) is 16.0 Å². The molecule has 2 aliphatic rings. The average molecular weight is 610 g/mol. The molecule has 4 aromatic rings. The zero-order chi connectivity index (χ0) is 31.6. The Morgan fingerprint density at radius 1 is 1.18 bits per heavy atom. The second kappa shape index (κ2) is 12.7. The fraction of sp³-hybridized carbons (Fsp3) is 0.353. The van der Waals surface area contributed by atoms with E-state index in [1.807, 2.05) is 36.4 Å². The SMILES string of the molecule is CC(C)(C=C(C#N)C(=O)N1CCCC1Cc1nc(-c2ccc(Oc3ccccc3)cc2F)c2c(N)nccn12)N1CCOCC1. The molecule has 4 heterocycles. The van der Waals surface area contributed by atoms with Gasteiger partial charge >= 0.3 is 0 Å². The first kappa shape index (κ1) is 30.2. The van der Waals surface area contributed by atoms with Crippen LogP contribution in [0.25, 0.3) is 16.8 Å². The van der Waals surface area contributed by atoms with E-state index in [0.717, 1.165) is 25.9 Å². The van der Waals surface area contributed by atoms with E-state index in [0.29, 0.717) is 54.7 Å². The van der Waals surface area contributed by atoms with Crippen LogP contribution in [0.15, 0.2) is 72.6 Å². The van der Waals surface area contributed by atoms with Gasteiger partial charge < -0.3 is 20.1 Å². The number of halogens is 1. The highest BCUT2D eigenvalue weighted by molar-refractivity contribution is 5.97. The van der Waals surface area contributed by atoms with Crippen LogP contribution < -0.4 is 10.5 Å². The Hall–Kier alpha value is -4.79. The van der Waals surface area contributed by atoms with Crippen LogP contribution in [0, 0.1) is 17.1 Å². The van der Waals surface area contributed by atoms with Gasteiger partial charge in [0.2, 0.25) is 0 Å². The van der Waals surface area contributed by atoms with Crippen molar-refractivity contribution in [2.24, 2.45) is 0 Å². The predicted octanol–water partition coefficient (Wildman–Crippen LogP) is 5.00. The number of anilines is 1. The Morgan fingerprint density at radius 2 is 1.96 bits per heavy atom. The molecule has 2 N–H and O–H groups in total. The summed E-state index contributed by atoms with van der Waals surface area (Å²) < 4.78 is 28.7. The summed E-state index contributed by atoms with van der Waals surface area (Å²) in [4.78, 5) is 26.9. The highest BCUT2D eigenvalue weighted by Crippen LogP contribution is 2.34. The molecule has 2 aromatic heterocycles. The monoisotopic (exact) mass is 609 g/mol. The Labute approximate surface area is 261 Å². The summed E-state index contributed by atoms with van der Waals surface area (Å²) in [6, 6.07) is 15.8. The first-order valence-corrected chi connectivity index (χ1v) is 15.2. The van der Waals surface area contributed by atoms with Crippen molar-refractivity contribution in [3.8, 4) is 28.8 Å². The van der Waals surface area contributed by atoms with Gasteiger partial charge in [0, 0.05) is 61.7 Å². The Morgan fingerprint density at radius 3 is 2.69 bits per heavy atom. The minimum absolute atomic E-state index is 0.125. The van der Waals surface area contributed by atoms with E-state index in [-0.39, 0.29) is 28.9 Å². The quantitative estimate of drug-likeness (QED) is 0.219. The maximum atomic E-state index is 15.6. The maximum Gasteiger partial charge on any atom is 0.264 e. The fourth-order valence-electron chi connectivity index (χ4n) is 6.24. The van der Waals surface area contributed by atoms with Crippen LogP contribution in [0.2, 0.25) is 0 Å². The van der Waals surface area contributed by atoms with Crippen LogP contribution in [-0.4, -0.2) is 74.5 Å². The lowest BCUT2D eigenvalue weighted by molar-refractivity contribution is -0.127. The lowest BCUT2D eigenvalue weighted by atomic mass is 9.97. The molecule has 2 aliphatic heterocycles. The van der Waals surface area contributed by atoms with Crippen molar-refractivity contribution in [1.29, 1.82) is 5.26 Å². The molecule has 10 nitrogen and oxygen atoms in total. The average Bonchev–Trinajstić information content (AvgIpc) is 3.66. The number of fused-ring (bicyclic) bond motifs is 1. The van der Waals surface area contributed by atoms with Gasteiger partial charge in [-0.1, -0.05) is 18.2 Å². The number of likely N-dealkylation sites (tertiary alicyclic amines) is 1.